The van der Waals surface area contributed by atoms with Crippen LogP contribution in [0.1, 0.15) is 34.3 Å². The summed E-state index contributed by atoms with van der Waals surface area (Å²) in [4.78, 5) is 38.2. The molecule has 3 aliphatic heterocycles. The molecule has 4 aliphatic rings. The average molecular weight is 368 g/mol. The minimum Gasteiger partial charge on any atom is -0.322 e. The molecule has 3 atom stereocenters. The minimum absolute atomic E-state index is 0.0932. The van der Waals surface area contributed by atoms with Crippen molar-refractivity contribution >= 4 is 17.7 Å². The zero-order valence-electron chi connectivity index (χ0n) is 15.2. The zero-order chi connectivity index (χ0) is 18.5. The van der Waals surface area contributed by atoms with Gasteiger partial charge in [0.1, 0.15) is 6.04 Å². The Morgan fingerprint density at radius 1 is 1.15 bits per heavy atom. The number of nitrogens with zero attached hydrogens (tertiary/aromatic N) is 1. The SMILES string of the molecule is O=C1CCC(N2Cc3cccc(CNCC4C5CNCC45)c3C2=O)C(=O)N1. The van der Waals surface area contributed by atoms with Crippen LogP contribution in [0.4, 0.5) is 0 Å². The minimum atomic E-state index is -0.554. The van der Waals surface area contributed by atoms with Gasteiger partial charge in [0.2, 0.25) is 11.8 Å². The maximum absolute atomic E-state index is 13.0. The molecule has 1 aromatic carbocycles. The van der Waals surface area contributed by atoms with Crippen molar-refractivity contribution in [2.75, 3.05) is 19.6 Å². The second-order valence-electron chi connectivity index (χ2n) is 8.13. The number of carbonyl (C=O) groups excluding carboxylic acids is 3. The third kappa shape index (κ3) is 2.85. The van der Waals surface area contributed by atoms with Crippen molar-refractivity contribution in [3.8, 4) is 0 Å². The first-order valence-corrected chi connectivity index (χ1v) is 9.80. The van der Waals surface area contributed by atoms with E-state index in [1.807, 2.05) is 18.2 Å². The normalized spacial score (nSPS) is 31.7. The van der Waals surface area contributed by atoms with Gasteiger partial charge < -0.3 is 15.5 Å². The fraction of sp³-hybridized carbons (Fsp3) is 0.550. The first kappa shape index (κ1) is 16.9. The lowest BCUT2D eigenvalue weighted by Gasteiger charge is -2.29. The summed E-state index contributed by atoms with van der Waals surface area (Å²) in [5, 5.41) is 9.29. The van der Waals surface area contributed by atoms with Crippen LogP contribution in [0.15, 0.2) is 18.2 Å². The molecular weight excluding hydrogens is 344 g/mol. The Kier molecular flexibility index (Phi) is 4.02. The van der Waals surface area contributed by atoms with Gasteiger partial charge in [0.25, 0.3) is 5.91 Å². The second kappa shape index (κ2) is 6.42. The van der Waals surface area contributed by atoms with E-state index in [1.54, 1.807) is 4.90 Å². The van der Waals surface area contributed by atoms with Crippen molar-refractivity contribution in [1.29, 1.82) is 0 Å². The molecule has 0 bridgehead atoms. The summed E-state index contributed by atoms with van der Waals surface area (Å²) in [6.45, 7) is 4.37. The van der Waals surface area contributed by atoms with Crippen LogP contribution in [0, 0.1) is 17.8 Å². The van der Waals surface area contributed by atoms with Crippen molar-refractivity contribution in [3.05, 3.63) is 34.9 Å². The van der Waals surface area contributed by atoms with Crippen LogP contribution in [0.2, 0.25) is 0 Å². The zero-order valence-corrected chi connectivity index (χ0v) is 15.2. The van der Waals surface area contributed by atoms with Crippen LogP contribution >= 0.6 is 0 Å². The molecule has 3 heterocycles. The molecule has 142 valence electrons. The Hall–Kier alpha value is -2.25. The highest BCUT2D eigenvalue weighted by Gasteiger charge is 2.52. The summed E-state index contributed by atoms with van der Waals surface area (Å²) >= 11 is 0. The van der Waals surface area contributed by atoms with E-state index in [4.69, 9.17) is 0 Å². The number of piperidine rings is 2. The van der Waals surface area contributed by atoms with Gasteiger partial charge in [-0.15, -0.1) is 0 Å². The molecule has 1 aromatic rings. The van der Waals surface area contributed by atoms with Crippen molar-refractivity contribution < 1.29 is 14.4 Å². The number of nitrogens with one attached hydrogen (secondary N) is 3. The Balaban J connectivity index is 1.26. The monoisotopic (exact) mass is 368 g/mol. The number of amides is 3. The van der Waals surface area contributed by atoms with Crippen molar-refractivity contribution in [2.45, 2.75) is 32.0 Å². The largest absolute Gasteiger partial charge is 0.322 e. The van der Waals surface area contributed by atoms with Crippen LogP contribution in [0.25, 0.3) is 0 Å². The Labute approximate surface area is 157 Å². The Morgan fingerprint density at radius 2 is 1.96 bits per heavy atom. The molecule has 3 fully saturated rings. The number of carbonyl (C=O) groups is 3. The predicted molar refractivity (Wildman–Crippen MR) is 97.5 cm³/mol. The van der Waals surface area contributed by atoms with Crippen molar-refractivity contribution in [2.24, 2.45) is 17.8 Å². The molecule has 5 rings (SSSR count). The number of imide groups is 1. The first-order chi connectivity index (χ1) is 13.1. The topological polar surface area (TPSA) is 90.5 Å². The van der Waals surface area contributed by atoms with Gasteiger partial charge in [0, 0.05) is 25.1 Å². The summed E-state index contributed by atoms with van der Waals surface area (Å²) < 4.78 is 0. The van der Waals surface area contributed by atoms with E-state index in [2.05, 4.69) is 16.0 Å². The van der Waals surface area contributed by atoms with Crippen molar-refractivity contribution in [1.82, 2.24) is 20.9 Å². The van der Waals surface area contributed by atoms with E-state index in [-0.39, 0.29) is 24.1 Å². The molecule has 7 nitrogen and oxygen atoms in total. The summed E-state index contributed by atoms with van der Waals surface area (Å²) in [6.07, 6.45) is 0.681. The van der Waals surface area contributed by atoms with E-state index in [9.17, 15) is 14.4 Å². The number of fused-ring (bicyclic) bond motifs is 2. The molecule has 7 heteroatoms. The van der Waals surface area contributed by atoms with Crippen LogP contribution in [0.3, 0.4) is 0 Å². The molecule has 0 aromatic heterocycles. The molecular formula is C20H24N4O3. The third-order valence-electron chi connectivity index (χ3n) is 6.60. The maximum Gasteiger partial charge on any atom is 0.255 e. The summed E-state index contributed by atoms with van der Waals surface area (Å²) in [6, 6.07) is 5.38. The summed E-state index contributed by atoms with van der Waals surface area (Å²) in [5.74, 6) is 1.70. The van der Waals surface area contributed by atoms with Crippen LogP contribution < -0.4 is 16.0 Å². The van der Waals surface area contributed by atoms with E-state index in [0.29, 0.717) is 19.5 Å². The van der Waals surface area contributed by atoms with Gasteiger partial charge in [-0.1, -0.05) is 18.2 Å². The quantitative estimate of drug-likeness (QED) is 0.637. The lowest BCUT2D eigenvalue weighted by Crippen LogP contribution is -2.52. The number of benzene rings is 1. The van der Waals surface area contributed by atoms with E-state index < -0.39 is 6.04 Å². The van der Waals surface area contributed by atoms with E-state index in [1.165, 1.54) is 0 Å². The standard InChI is InChI=1S/C20H24N4O3/c25-17-5-4-16(19(26)23-17)24-10-12-3-1-2-11(18(12)20(24)27)6-21-7-13-14-8-22-9-15(13)14/h1-3,13-16,21-22H,4-10H2,(H,23,25,26). The highest BCUT2D eigenvalue weighted by Crippen LogP contribution is 2.48. The molecule has 3 unspecified atom stereocenters. The number of rotatable bonds is 5. The van der Waals surface area contributed by atoms with Gasteiger partial charge in [-0.2, -0.15) is 0 Å². The number of hydrogen-bond donors (Lipinski definition) is 3. The highest BCUT2D eigenvalue weighted by atomic mass is 16.2. The molecule has 2 saturated heterocycles. The van der Waals surface area contributed by atoms with Crippen LogP contribution in [-0.2, 0) is 22.7 Å². The van der Waals surface area contributed by atoms with Gasteiger partial charge in [0.15, 0.2) is 0 Å². The predicted octanol–water partition coefficient (Wildman–Crippen LogP) is 0.00260. The summed E-state index contributed by atoms with van der Waals surface area (Å²) in [7, 11) is 0. The molecule has 0 radical (unpaired) electrons. The molecule has 0 spiro atoms. The second-order valence-corrected chi connectivity index (χ2v) is 8.13. The maximum atomic E-state index is 13.0. The van der Waals surface area contributed by atoms with E-state index >= 15 is 0 Å². The molecule has 1 saturated carbocycles. The molecule has 1 aliphatic carbocycles. The lowest BCUT2D eigenvalue weighted by molar-refractivity contribution is -0.136. The van der Waals surface area contributed by atoms with Gasteiger partial charge >= 0.3 is 0 Å². The molecule has 3 amide bonds. The van der Waals surface area contributed by atoms with Crippen LogP contribution in [0.5, 0.6) is 0 Å². The smallest absolute Gasteiger partial charge is 0.255 e. The van der Waals surface area contributed by atoms with Gasteiger partial charge in [-0.05, 0) is 54.9 Å². The average Bonchev–Trinajstić information content (AvgIpc) is 2.97. The van der Waals surface area contributed by atoms with Gasteiger partial charge in [-0.3, -0.25) is 19.7 Å². The molecule has 3 N–H and O–H groups in total. The lowest BCUT2D eigenvalue weighted by atomic mass is 10.0. The fourth-order valence-electron chi connectivity index (χ4n) is 5.06. The Morgan fingerprint density at radius 3 is 2.74 bits per heavy atom. The first-order valence-electron chi connectivity index (χ1n) is 9.80. The van der Waals surface area contributed by atoms with Gasteiger partial charge in [0.05, 0.1) is 0 Å². The van der Waals surface area contributed by atoms with Crippen molar-refractivity contribution in [3.63, 3.8) is 0 Å². The van der Waals surface area contributed by atoms with Gasteiger partial charge in [-0.25, -0.2) is 0 Å². The fourth-order valence-corrected chi connectivity index (χ4v) is 5.06. The number of hydrogen-bond acceptors (Lipinski definition) is 5. The summed E-state index contributed by atoms with van der Waals surface area (Å²) in [5.41, 5.74) is 2.69. The highest BCUT2D eigenvalue weighted by molar-refractivity contribution is 6.05. The Bertz CT molecular complexity index is 813. The van der Waals surface area contributed by atoms with E-state index in [0.717, 1.165) is 54.1 Å². The van der Waals surface area contributed by atoms with Crippen LogP contribution in [-0.4, -0.2) is 48.3 Å². The molecule has 27 heavy (non-hydrogen) atoms. The third-order valence-corrected chi connectivity index (χ3v) is 6.60.